The van der Waals surface area contributed by atoms with Gasteiger partial charge in [-0.2, -0.15) is 0 Å². The molecule has 2 aromatic carbocycles. The lowest BCUT2D eigenvalue weighted by molar-refractivity contribution is -0.139. The lowest BCUT2D eigenvalue weighted by Crippen LogP contribution is -2.55. The van der Waals surface area contributed by atoms with Crippen LogP contribution in [-0.4, -0.2) is 66.8 Å². The number of rotatable bonds is 10. The fourth-order valence-electron chi connectivity index (χ4n) is 3.91. The summed E-state index contributed by atoms with van der Waals surface area (Å²) in [5.41, 5.74) is 7.95. The van der Waals surface area contributed by atoms with Crippen molar-refractivity contribution >= 4 is 47.1 Å². The number of benzene rings is 2. The zero-order valence-electron chi connectivity index (χ0n) is 20.7. The molecule has 11 nitrogen and oxygen atoms in total. The van der Waals surface area contributed by atoms with Crippen LogP contribution >= 0.6 is 23.5 Å². The highest BCUT2D eigenvalue weighted by Crippen LogP contribution is 2.47. The molecule has 0 radical (unpaired) electrons. The molecule has 0 aliphatic carbocycles. The van der Waals surface area contributed by atoms with Gasteiger partial charge in [0.15, 0.2) is 6.17 Å². The highest BCUT2D eigenvalue weighted by atomic mass is 79.9. The van der Waals surface area contributed by atoms with Gasteiger partial charge in [0.2, 0.25) is 5.91 Å². The van der Waals surface area contributed by atoms with E-state index in [1.54, 1.807) is 25.1 Å². The molecule has 1 aliphatic rings. The van der Waals surface area contributed by atoms with Gasteiger partial charge in [-0.05, 0) is 36.2 Å². The van der Waals surface area contributed by atoms with E-state index in [9.17, 15) is 18.9 Å². The molecule has 0 spiro atoms. The van der Waals surface area contributed by atoms with Gasteiger partial charge < -0.3 is 30.3 Å². The van der Waals surface area contributed by atoms with E-state index in [-0.39, 0.29) is 26.2 Å². The van der Waals surface area contributed by atoms with E-state index in [0.717, 1.165) is 15.6 Å². The van der Waals surface area contributed by atoms with Crippen LogP contribution in [0.3, 0.4) is 0 Å². The third-order valence-corrected chi connectivity index (χ3v) is 8.05. The summed E-state index contributed by atoms with van der Waals surface area (Å²) >= 11 is 3.36. The van der Waals surface area contributed by atoms with Crippen molar-refractivity contribution in [3.63, 3.8) is 0 Å². The van der Waals surface area contributed by atoms with Gasteiger partial charge in [0.05, 0.1) is 6.61 Å². The average Bonchev–Trinajstić information content (AvgIpc) is 3.33. The smallest absolute Gasteiger partial charge is 0.339 e. The fraction of sp³-hybridized carbons (Fsp3) is 0.375. The molecular formula is C24H31BrN5O6P. The number of carbonyl (C=O) groups is 3. The Morgan fingerprint density at radius 2 is 1.81 bits per heavy atom. The van der Waals surface area contributed by atoms with E-state index >= 15 is 0 Å². The molecule has 3 rings (SSSR count). The number of urea groups is 1. The van der Waals surface area contributed by atoms with Gasteiger partial charge in [-0.25, -0.2) is 4.79 Å². The number of halogens is 1. The molecule has 1 heterocycles. The Morgan fingerprint density at radius 3 is 2.49 bits per heavy atom. The lowest BCUT2D eigenvalue weighted by atomic mass is 10.1. The Balaban J connectivity index is 1.81. The van der Waals surface area contributed by atoms with Gasteiger partial charge in [0.1, 0.15) is 6.16 Å². The molecule has 4 N–H and O–H groups in total. The molecule has 2 unspecified atom stereocenters. The molecule has 0 bridgehead atoms. The van der Waals surface area contributed by atoms with Crippen LogP contribution in [0, 0.1) is 0 Å². The minimum Gasteiger partial charge on any atom is -0.349 e. The van der Waals surface area contributed by atoms with Gasteiger partial charge >= 0.3 is 13.6 Å². The van der Waals surface area contributed by atoms with Crippen LogP contribution in [0.2, 0.25) is 0 Å². The monoisotopic (exact) mass is 595 g/mol. The first-order valence-electron chi connectivity index (χ1n) is 11.7. The molecule has 13 heteroatoms. The number of anilines is 1. The predicted octanol–water partition coefficient (Wildman–Crippen LogP) is 3.10. The second kappa shape index (κ2) is 13.2. The minimum absolute atomic E-state index is 0.0708. The highest BCUT2D eigenvalue weighted by Gasteiger charge is 2.44. The number of amides is 4. The van der Waals surface area contributed by atoms with Crippen LogP contribution in [0.4, 0.5) is 10.5 Å². The summed E-state index contributed by atoms with van der Waals surface area (Å²) in [7, 11) is -2.50. The van der Waals surface area contributed by atoms with E-state index in [1.165, 1.54) is 16.9 Å². The average molecular weight is 596 g/mol. The van der Waals surface area contributed by atoms with Crippen molar-refractivity contribution in [2.75, 3.05) is 38.3 Å². The second-order valence-electron chi connectivity index (χ2n) is 8.21. The molecule has 1 fully saturated rings. The largest absolute Gasteiger partial charge is 0.349 e. The second-order valence-corrected chi connectivity index (χ2v) is 11.3. The van der Waals surface area contributed by atoms with E-state index in [0.29, 0.717) is 12.2 Å². The van der Waals surface area contributed by atoms with Crippen molar-refractivity contribution in [1.29, 1.82) is 0 Å². The van der Waals surface area contributed by atoms with Crippen molar-refractivity contribution < 1.29 is 28.0 Å². The van der Waals surface area contributed by atoms with Gasteiger partial charge in [-0.3, -0.25) is 19.1 Å². The number of nitrogens with two attached hydrogens (primary N) is 1. The van der Waals surface area contributed by atoms with Crippen LogP contribution < -0.4 is 16.4 Å². The van der Waals surface area contributed by atoms with Crippen LogP contribution in [0.15, 0.2) is 53.0 Å². The number of hydrogen-bond acceptors (Lipinski definition) is 7. The SMILES string of the molecule is CCOP(=O)(CC(=O)N1CCN(C(=O)Nc2cccc(Br)c2)C1C(=O)NCc1cccc(CN)c1)OC. The summed E-state index contributed by atoms with van der Waals surface area (Å²) in [4.78, 5) is 42.2. The third kappa shape index (κ3) is 7.62. The maximum absolute atomic E-state index is 13.4. The van der Waals surface area contributed by atoms with Crippen molar-refractivity contribution in [3.8, 4) is 0 Å². The molecule has 1 aliphatic heterocycles. The van der Waals surface area contributed by atoms with Crippen LogP contribution in [0.1, 0.15) is 18.1 Å². The quantitative estimate of drug-likeness (QED) is 0.358. The topological polar surface area (TPSA) is 143 Å². The number of carbonyl (C=O) groups excluding carboxylic acids is 3. The van der Waals surface area contributed by atoms with Crippen LogP contribution in [0.5, 0.6) is 0 Å². The number of nitrogens with one attached hydrogen (secondary N) is 2. The summed E-state index contributed by atoms with van der Waals surface area (Å²) < 4.78 is 23.7. The number of hydrogen-bond donors (Lipinski definition) is 3. The molecule has 37 heavy (non-hydrogen) atoms. The fourth-order valence-corrected chi connectivity index (χ4v) is 5.54. The van der Waals surface area contributed by atoms with E-state index < -0.39 is 37.8 Å². The van der Waals surface area contributed by atoms with Crippen LogP contribution in [0.25, 0.3) is 0 Å². The Hall–Kier alpha value is -2.76. The number of nitrogens with zero attached hydrogens (tertiary/aromatic N) is 2. The molecule has 2 aromatic rings. The normalized spacial score (nSPS) is 16.8. The molecular weight excluding hydrogens is 565 g/mol. The van der Waals surface area contributed by atoms with Gasteiger partial charge in [0, 0.05) is 43.4 Å². The minimum atomic E-state index is -3.70. The molecule has 2 atom stereocenters. The Kier molecular flexibility index (Phi) is 10.2. The zero-order valence-corrected chi connectivity index (χ0v) is 23.2. The summed E-state index contributed by atoms with van der Waals surface area (Å²) in [6.45, 7) is 2.41. The van der Waals surface area contributed by atoms with Crippen molar-refractivity contribution in [2.45, 2.75) is 26.2 Å². The Morgan fingerprint density at radius 1 is 1.11 bits per heavy atom. The molecule has 4 amide bonds. The van der Waals surface area contributed by atoms with E-state index in [2.05, 4.69) is 26.6 Å². The van der Waals surface area contributed by atoms with Crippen molar-refractivity contribution in [3.05, 3.63) is 64.1 Å². The molecule has 200 valence electrons. The van der Waals surface area contributed by atoms with E-state index in [4.69, 9.17) is 14.8 Å². The van der Waals surface area contributed by atoms with Gasteiger partial charge in [-0.1, -0.05) is 46.3 Å². The summed E-state index contributed by atoms with van der Waals surface area (Å²) in [6, 6.07) is 13.9. The first kappa shape index (κ1) is 28.8. The maximum atomic E-state index is 13.4. The highest BCUT2D eigenvalue weighted by molar-refractivity contribution is 9.10. The first-order chi connectivity index (χ1) is 17.7. The Bertz CT molecular complexity index is 1180. The third-order valence-electron chi connectivity index (χ3n) is 5.69. The van der Waals surface area contributed by atoms with Crippen LogP contribution in [-0.2, 0) is 36.3 Å². The first-order valence-corrected chi connectivity index (χ1v) is 14.2. The lowest BCUT2D eigenvalue weighted by Gasteiger charge is -2.30. The zero-order chi connectivity index (χ0) is 27.0. The standard InChI is InChI=1S/C24H31BrN5O6P/c1-3-36-37(34,35-2)16-21(31)29-10-11-30(24(33)28-20-9-5-8-19(25)13-20)23(29)22(32)27-15-18-7-4-6-17(12-18)14-26/h4-9,12-13,23H,3,10-11,14-16,26H2,1-2H3,(H,27,32)(H,28,33). The summed E-state index contributed by atoms with van der Waals surface area (Å²) in [6.07, 6.45) is -1.81. The van der Waals surface area contributed by atoms with Crippen molar-refractivity contribution in [1.82, 2.24) is 15.1 Å². The summed E-state index contributed by atoms with van der Waals surface area (Å²) in [5.74, 6) is -1.18. The molecule has 0 saturated carbocycles. The predicted molar refractivity (Wildman–Crippen MR) is 143 cm³/mol. The molecule has 1 saturated heterocycles. The summed E-state index contributed by atoms with van der Waals surface area (Å²) in [5, 5.41) is 5.56. The molecule has 0 aromatic heterocycles. The van der Waals surface area contributed by atoms with E-state index in [1.807, 2.05) is 30.3 Å². The van der Waals surface area contributed by atoms with Gasteiger partial charge in [0.25, 0.3) is 5.91 Å². The van der Waals surface area contributed by atoms with Gasteiger partial charge in [-0.15, -0.1) is 0 Å². The van der Waals surface area contributed by atoms with Crippen molar-refractivity contribution in [2.24, 2.45) is 5.73 Å². The maximum Gasteiger partial charge on any atom is 0.339 e. The Labute approximate surface area is 224 Å².